The molecule has 17 heteroatoms. The molecule has 2 aromatic heterocycles. The Labute approximate surface area is 347 Å². The van der Waals surface area contributed by atoms with Crippen molar-refractivity contribution in [1.29, 1.82) is 0 Å². The van der Waals surface area contributed by atoms with E-state index in [1.165, 1.54) is 0 Å². The van der Waals surface area contributed by atoms with Gasteiger partial charge in [0.2, 0.25) is 17.7 Å². The highest BCUT2D eigenvalue weighted by Crippen LogP contribution is 2.31. The van der Waals surface area contributed by atoms with Crippen molar-refractivity contribution < 1.29 is 33.5 Å². The zero-order chi connectivity index (χ0) is 42.1. The fraction of sp³-hybridized carbons (Fsp3) is 0.465. The lowest BCUT2D eigenvalue weighted by Gasteiger charge is -2.36. The largest absolute Gasteiger partial charge is 0.444 e. The summed E-state index contributed by atoms with van der Waals surface area (Å²) >= 11 is 0. The molecular formula is C43H50N10O7. The van der Waals surface area contributed by atoms with Crippen LogP contribution in [0.1, 0.15) is 92.5 Å². The van der Waals surface area contributed by atoms with Crippen LogP contribution in [0.25, 0.3) is 22.3 Å². The van der Waals surface area contributed by atoms with Crippen molar-refractivity contribution in [3.05, 3.63) is 66.1 Å². The molecule has 3 saturated heterocycles. The Hall–Kier alpha value is -6.39. The van der Waals surface area contributed by atoms with Gasteiger partial charge in [0.1, 0.15) is 11.6 Å². The highest BCUT2D eigenvalue weighted by atomic mass is 16.6. The summed E-state index contributed by atoms with van der Waals surface area (Å²) in [6, 6.07) is 10.1. The van der Waals surface area contributed by atoms with Crippen LogP contribution in [0.5, 0.6) is 0 Å². The number of aromatic nitrogens is 4. The summed E-state index contributed by atoms with van der Waals surface area (Å²) in [5.41, 5.74) is 4.82. The van der Waals surface area contributed by atoms with Crippen LogP contribution in [-0.2, 0) is 19.1 Å². The smallest absolute Gasteiger partial charge is 0.410 e. The number of rotatable bonds is 10. The van der Waals surface area contributed by atoms with Crippen LogP contribution in [0, 0.1) is 0 Å². The standard InChI is InChI=1S/C43H50N10O7/c1-43(2,3)60-42(59)51-20-18-49(19-21-51)30-8-10-33-34(23-30)47-35(25-45-33)27-24-46-52(26-27)29-13-16-50(17-14-29)38(55)6-4-5-15-44-28-7-9-31-32(22-28)41(58)53(40(31)57)36-11-12-37(54)48-39(36)56/h7-10,22-26,29,36,44H,4-6,11-21H2,1-3H3,(H,48,54,56). The fourth-order valence-corrected chi connectivity index (χ4v) is 8.23. The number of carbonyl (C=O) groups excluding carboxylic acids is 6. The van der Waals surface area contributed by atoms with E-state index in [1.807, 2.05) is 60.9 Å². The molecule has 3 fully saturated rings. The molecule has 0 aliphatic carbocycles. The predicted molar refractivity (Wildman–Crippen MR) is 221 cm³/mol. The van der Waals surface area contributed by atoms with Gasteiger partial charge in [0.25, 0.3) is 11.8 Å². The van der Waals surface area contributed by atoms with Crippen molar-refractivity contribution >= 4 is 58.0 Å². The number of anilines is 2. The van der Waals surface area contributed by atoms with Crippen molar-refractivity contribution in [2.24, 2.45) is 0 Å². The Bertz CT molecular complexity index is 2340. The Kier molecular flexibility index (Phi) is 11.2. The van der Waals surface area contributed by atoms with E-state index >= 15 is 0 Å². The third kappa shape index (κ3) is 8.65. The molecule has 2 aromatic carbocycles. The van der Waals surface area contributed by atoms with Gasteiger partial charge < -0.3 is 24.8 Å². The average Bonchev–Trinajstić information content (AvgIpc) is 3.82. The van der Waals surface area contributed by atoms with Crippen LogP contribution in [0.2, 0.25) is 0 Å². The maximum atomic E-state index is 13.1. The number of hydrogen-bond donors (Lipinski definition) is 2. The first-order valence-electron chi connectivity index (χ1n) is 20.7. The molecule has 4 aliphatic heterocycles. The Morgan fingerprint density at radius 2 is 1.62 bits per heavy atom. The fourth-order valence-electron chi connectivity index (χ4n) is 8.23. The number of nitrogens with one attached hydrogen (secondary N) is 2. The monoisotopic (exact) mass is 818 g/mol. The number of amides is 6. The van der Waals surface area contributed by atoms with Gasteiger partial charge in [-0.25, -0.2) is 9.78 Å². The van der Waals surface area contributed by atoms with Crippen molar-refractivity contribution in [3.63, 3.8) is 0 Å². The van der Waals surface area contributed by atoms with Crippen LogP contribution < -0.4 is 15.5 Å². The summed E-state index contributed by atoms with van der Waals surface area (Å²) < 4.78 is 7.52. The van der Waals surface area contributed by atoms with Gasteiger partial charge in [-0.2, -0.15) is 5.10 Å². The molecule has 0 spiro atoms. The number of hydrogen-bond acceptors (Lipinski definition) is 12. The number of fused-ring (bicyclic) bond motifs is 2. The molecule has 6 amide bonds. The third-order valence-corrected chi connectivity index (χ3v) is 11.5. The number of piperidine rings is 2. The third-order valence-electron chi connectivity index (χ3n) is 11.5. The van der Waals surface area contributed by atoms with Crippen molar-refractivity contribution in [2.45, 2.75) is 83.4 Å². The number of ether oxygens (including phenoxy) is 1. The molecular weight excluding hydrogens is 769 g/mol. The normalized spacial score (nSPS) is 18.9. The second-order valence-electron chi connectivity index (χ2n) is 16.8. The van der Waals surface area contributed by atoms with Gasteiger partial charge in [0.05, 0.1) is 46.3 Å². The minimum atomic E-state index is -1.00. The van der Waals surface area contributed by atoms with Gasteiger partial charge in [0, 0.05) is 81.8 Å². The second-order valence-corrected chi connectivity index (χ2v) is 16.8. The summed E-state index contributed by atoms with van der Waals surface area (Å²) in [5.74, 6) is -2.01. The van der Waals surface area contributed by atoms with Gasteiger partial charge >= 0.3 is 6.09 Å². The quantitative estimate of drug-likeness (QED) is 0.170. The lowest BCUT2D eigenvalue weighted by atomic mass is 10.0. The highest BCUT2D eigenvalue weighted by molar-refractivity contribution is 6.23. The molecule has 17 nitrogen and oxygen atoms in total. The van der Waals surface area contributed by atoms with Crippen molar-refractivity contribution in [2.75, 3.05) is 56.0 Å². The maximum Gasteiger partial charge on any atom is 0.410 e. The topological polar surface area (TPSA) is 192 Å². The van der Waals surface area contributed by atoms with E-state index < -0.39 is 35.3 Å². The van der Waals surface area contributed by atoms with Crippen LogP contribution in [-0.4, -0.2) is 128 Å². The van der Waals surface area contributed by atoms with Gasteiger partial charge in [-0.3, -0.25) is 43.9 Å². The zero-order valence-electron chi connectivity index (χ0n) is 34.2. The minimum Gasteiger partial charge on any atom is -0.444 e. The second kappa shape index (κ2) is 16.7. The number of carbonyl (C=O) groups is 6. The number of imide groups is 2. The average molecular weight is 819 g/mol. The number of benzene rings is 2. The first kappa shape index (κ1) is 40.4. The van der Waals surface area contributed by atoms with Crippen LogP contribution >= 0.6 is 0 Å². The number of unbranched alkanes of at least 4 members (excludes halogenated alkanes) is 1. The van der Waals surface area contributed by atoms with Gasteiger partial charge in [-0.05, 0) is 89.3 Å². The summed E-state index contributed by atoms with van der Waals surface area (Å²) in [5, 5.41) is 10.2. The molecule has 6 heterocycles. The van der Waals surface area contributed by atoms with E-state index in [4.69, 9.17) is 9.72 Å². The summed E-state index contributed by atoms with van der Waals surface area (Å²) in [7, 11) is 0. The molecule has 4 aliphatic rings. The number of likely N-dealkylation sites (tertiary alicyclic amines) is 1. The van der Waals surface area contributed by atoms with E-state index in [-0.39, 0.29) is 42.0 Å². The minimum absolute atomic E-state index is 0.0672. The van der Waals surface area contributed by atoms with Crippen LogP contribution in [0.4, 0.5) is 16.2 Å². The highest BCUT2D eigenvalue weighted by Gasteiger charge is 2.44. The molecule has 0 bridgehead atoms. The SMILES string of the molecule is CC(C)(C)OC(=O)N1CCN(c2ccc3ncc(-c4cnn(C5CCN(C(=O)CCCCNc6ccc7c(c6)C(=O)N(C6CCC(=O)NC6=O)C7=O)CC5)c4)nc3c2)CC1. The summed E-state index contributed by atoms with van der Waals surface area (Å²) in [4.78, 5) is 92.1. The van der Waals surface area contributed by atoms with E-state index in [9.17, 15) is 28.8 Å². The molecule has 1 atom stereocenters. The lowest BCUT2D eigenvalue weighted by Crippen LogP contribution is -2.54. The first-order chi connectivity index (χ1) is 28.8. The van der Waals surface area contributed by atoms with E-state index in [0.29, 0.717) is 64.3 Å². The van der Waals surface area contributed by atoms with E-state index in [0.717, 1.165) is 52.1 Å². The maximum absolute atomic E-state index is 13.1. The lowest BCUT2D eigenvalue weighted by molar-refractivity contribution is -0.136. The molecule has 2 N–H and O–H groups in total. The Morgan fingerprint density at radius 3 is 2.37 bits per heavy atom. The number of piperazine rings is 1. The molecule has 1 unspecified atom stereocenters. The Morgan fingerprint density at radius 1 is 0.850 bits per heavy atom. The van der Waals surface area contributed by atoms with Crippen molar-refractivity contribution in [1.82, 2.24) is 39.8 Å². The van der Waals surface area contributed by atoms with Gasteiger partial charge in [-0.1, -0.05) is 0 Å². The molecule has 314 valence electrons. The van der Waals surface area contributed by atoms with Crippen LogP contribution in [0.3, 0.4) is 0 Å². The summed E-state index contributed by atoms with van der Waals surface area (Å²) in [6.07, 6.45) is 8.93. The molecule has 0 saturated carbocycles. The predicted octanol–water partition coefficient (Wildman–Crippen LogP) is 4.40. The van der Waals surface area contributed by atoms with Crippen molar-refractivity contribution in [3.8, 4) is 11.3 Å². The molecule has 4 aromatic rings. The van der Waals surface area contributed by atoms with Crippen LogP contribution in [0.15, 0.2) is 55.0 Å². The van der Waals surface area contributed by atoms with E-state index in [2.05, 4.69) is 25.6 Å². The van der Waals surface area contributed by atoms with Gasteiger partial charge in [0.15, 0.2) is 0 Å². The summed E-state index contributed by atoms with van der Waals surface area (Å²) in [6.45, 7) is 10.0. The molecule has 60 heavy (non-hydrogen) atoms. The zero-order valence-corrected chi connectivity index (χ0v) is 34.2. The first-order valence-corrected chi connectivity index (χ1v) is 20.7. The molecule has 8 rings (SSSR count). The number of nitrogens with zero attached hydrogens (tertiary/aromatic N) is 8. The molecule has 0 radical (unpaired) electrons. The Balaban J connectivity index is 0.776. The van der Waals surface area contributed by atoms with Gasteiger partial charge in [-0.15, -0.1) is 0 Å². The van der Waals surface area contributed by atoms with E-state index in [1.54, 1.807) is 29.3 Å².